The standard InChI is InChI=1S/C16H17N3O3/c1-18(2)7-12-15(16(21)14-8-22-14)10-5-13(20)9(6-17)4-11(10)19(12)3/h4-5,14,20H,7-8H2,1-3H3. The predicted molar refractivity (Wildman–Crippen MR) is 80.8 cm³/mol. The summed E-state index contributed by atoms with van der Waals surface area (Å²) in [5.41, 5.74) is 2.39. The van der Waals surface area contributed by atoms with Crippen molar-refractivity contribution in [1.82, 2.24) is 9.47 Å². The molecule has 22 heavy (non-hydrogen) atoms. The van der Waals surface area contributed by atoms with E-state index in [2.05, 4.69) is 0 Å². The number of ether oxygens (including phenoxy) is 1. The number of aromatic nitrogens is 1. The molecule has 1 N–H and O–H groups in total. The largest absolute Gasteiger partial charge is 0.507 e. The molecule has 0 saturated carbocycles. The fraction of sp³-hybridized carbons (Fsp3) is 0.375. The van der Waals surface area contributed by atoms with Gasteiger partial charge in [0.25, 0.3) is 0 Å². The Morgan fingerprint density at radius 2 is 2.23 bits per heavy atom. The van der Waals surface area contributed by atoms with Crippen LogP contribution in [0.5, 0.6) is 5.75 Å². The van der Waals surface area contributed by atoms with Crippen molar-refractivity contribution < 1.29 is 14.6 Å². The average Bonchev–Trinajstić information content (AvgIpc) is 3.26. The van der Waals surface area contributed by atoms with Gasteiger partial charge in [-0.2, -0.15) is 5.26 Å². The van der Waals surface area contributed by atoms with Crippen molar-refractivity contribution in [3.8, 4) is 11.8 Å². The number of fused-ring (bicyclic) bond motifs is 1. The first kappa shape index (κ1) is 14.6. The van der Waals surface area contributed by atoms with Gasteiger partial charge in [-0.15, -0.1) is 0 Å². The van der Waals surface area contributed by atoms with E-state index in [1.807, 2.05) is 36.7 Å². The van der Waals surface area contributed by atoms with Gasteiger partial charge in [-0.1, -0.05) is 0 Å². The first-order chi connectivity index (χ1) is 10.4. The minimum absolute atomic E-state index is 0.0634. The van der Waals surface area contributed by atoms with Crippen molar-refractivity contribution in [2.24, 2.45) is 7.05 Å². The number of carbonyl (C=O) groups is 1. The average molecular weight is 299 g/mol. The molecule has 1 aliphatic heterocycles. The van der Waals surface area contributed by atoms with Gasteiger partial charge >= 0.3 is 0 Å². The quantitative estimate of drug-likeness (QED) is 0.681. The minimum Gasteiger partial charge on any atom is -0.507 e. The number of hydrogen-bond donors (Lipinski definition) is 1. The number of ketones is 1. The van der Waals surface area contributed by atoms with Crippen LogP contribution in [0.25, 0.3) is 10.9 Å². The van der Waals surface area contributed by atoms with Crippen molar-refractivity contribution in [2.45, 2.75) is 12.6 Å². The van der Waals surface area contributed by atoms with E-state index < -0.39 is 0 Å². The number of aromatic hydroxyl groups is 1. The topological polar surface area (TPSA) is 81.8 Å². The number of nitrogens with zero attached hydrogens (tertiary/aromatic N) is 3. The molecule has 0 spiro atoms. The van der Waals surface area contributed by atoms with Crippen LogP contribution in [0.3, 0.4) is 0 Å². The van der Waals surface area contributed by atoms with Crippen molar-refractivity contribution in [3.05, 3.63) is 29.0 Å². The zero-order valence-corrected chi connectivity index (χ0v) is 12.8. The number of rotatable bonds is 4. The smallest absolute Gasteiger partial charge is 0.196 e. The molecule has 1 aromatic heterocycles. The molecule has 0 radical (unpaired) electrons. The van der Waals surface area contributed by atoms with Gasteiger partial charge < -0.3 is 19.3 Å². The highest BCUT2D eigenvalue weighted by Gasteiger charge is 2.36. The van der Waals surface area contributed by atoms with Crippen molar-refractivity contribution >= 4 is 16.7 Å². The summed E-state index contributed by atoms with van der Waals surface area (Å²) in [6, 6.07) is 5.09. The van der Waals surface area contributed by atoms with Gasteiger partial charge in [0.2, 0.25) is 0 Å². The number of aryl methyl sites for hydroxylation is 1. The molecule has 6 nitrogen and oxygen atoms in total. The summed E-state index contributed by atoms with van der Waals surface area (Å²) in [5, 5.41) is 19.7. The Bertz CT molecular complexity index is 810. The highest BCUT2D eigenvalue weighted by Crippen LogP contribution is 2.33. The van der Waals surface area contributed by atoms with Crippen LogP contribution >= 0.6 is 0 Å². The number of benzene rings is 1. The van der Waals surface area contributed by atoms with Crippen LogP contribution in [0.15, 0.2) is 12.1 Å². The van der Waals surface area contributed by atoms with Crippen LogP contribution in [0.2, 0.25) is 0 Å². The van der Waals surface area contributed by atoms with Crippen molar-refractivity contribution in [3.63, 3.8) is 0 Å². The van der Waals surface area contributed by atoms with E-state index in [1.165, 1.54) is 6.07 Å². The zero-order valence-electron chi connectivity index (χ0n) is 12.8. The number of phenols is 1. The molecule has 0 bridgehead atoms. The Hall–Kier alpha value is -2.36. The third-order valence-electron chi connectivity index (χ3n) is 3.90. The van der Waals surface area contributed by atoms with E-state index in [1.54, 1.807) is 6.07 Å². The number of hydrogen-bond acceptors (Lipinski definition) is 5. The van der Waals surface area contributed by atoms with Crippen LogP contribution in [0.1, 0.15) is 21.6 Å². The molecule has 2 aromatic rings. The second-order valence-corrected chi connectivity index (χ2v) is 5.80. The molecule has 2 heterocycles. The van der Waals surface area contributed by atoms with Gasteiger partial charge in [0.1, 0.15) is 17.9 Å². The summed E-state index contributed by atoms with van der Waals surface area (Å²) in [6.07, 6.45) is -0.385. The molecule has 3 rings (SSSR count). The molecule has 1 atom stereocenters. The van der Waals surface area contributed by atoms with E-state index >= 15 is 0 Å². The van der Waals surface area contributed by atoms with Crippen LogP contribution < -0.4 is 0 Å². The molecule has 1 saturated heterocycles. The molecule has 1 fully saturated rings. The van der Waals surface area contributed by atoms with Gasteiger partial charge in [-0.25, -0.2) is 0 Å². The fourth-order valence-electron chi connectivity index (χ4n) is 2.73. The van der Waals surface area contributed by atoms with E-state index in [0.29, 0.717) is 24.1 Å². The first-order valence-electron chi connectivity index (χ1n) is 6.99. The maximum absolute atomic E-state index is 12.6. The lowest BCUT2D eigenvalue weighted by atomic mass is 10.0. The highest BCUT2D eigenvalue weighted by molar-refractivity contribution is 6.12. The molecular weight excluding hydrogens is 282 g/mol. The summed E-state index contributed by atoms with van der Waals surface area (Å²) in [7, 11) is 5.72. The monoisotopic (exact) mass is 299 g/mol. The molecule has 1 aromatic carbocycles. The molecule has 114 valence electrons. The first-order valence-corrected chi connectivity index (χ1v) is 6.99. The van der Waals surface area contributed by atoms with E-state index in [-0.39, 0.29) is 23.2 Å². The summed E-state index contributed by atoms with van der Waals surface area (Å²) >= 11 is 0. The summed E-state index contributed by atoms with van der Waals surface area (Å²) in [4.78, 5) is 14.6. The maximum Gasteiger partial charge on any atom is 0.196 e. The van der Waals surface area contributed by atoms with E-state index in [0.717, 1.165) is 11.2 Å². The third-order valence-corrected chi connectivity index (χ3v) is 3.90. The van der Waals surface area contributed by atoms with Gasteiger partial charge in [0.05, 0.1) is 23.3 Å². The van der Waals surface area contributed by atoms with Gasteiger partial charge in [-0.3, -0.25) is 4.79 Å². The Kier molecular flexibility index (Phi) is 3.39. The summed E-state index contributed by atoms with van der Waals surface area (Å²) in [5.74, 6) is -0.172. The lowest BCUT2D eigenvalue weighted by Crippen LogP contribution is -2.18. The highest BCUT2D eigenvalue weighted by atomic mass is 16.6. The zero-order chi connectivity index (χ0) is 16.0. The third kappa shape index (κ3) is 2.25. The molecule has 0 amide bonds. The molecule has 1 unspecified atom stereocenters. The fourth-order valence-corrected chi connectivity index (χ4v) is 2.73. The normalized spacial score (nSPS) is 17.0. The van der Waals surface area contributed by atoms with Gasteiger partial charge in [0.15, 0.2) is 5.78 Å². The molecular formula is C16H17N3O3. The van der Waals surface area contributed by atoms with Gasteiger partial charge in [-0.05, 0) is 26.2 Å². The Labute approximate surface area is 128 Å². The number of Topliss-reactive ketones (excluding diaryl/α,β-unsaturated/α-hetero) is 1. The minimum atomic E-state index is -0.385. The van der Waals surface area contributed by atoms with E-state index in [4.69, 9.17) is 10.00 Å². The lowest BCUT2D eigenvalue weighted by molar-refractivity contribution is 0.0953. The SMILES string of the molecule is CN(C)Cc1c(C(=O)C2CO2)c2cc(O)c(C#N)cc2n1C. The lowest BCUT2D eigenvalue weighted by Gasteiger charge is -2.12. The Morgan fingerprint density at radius 3 is 2.77 bits per heavy atom. The predicted octanol–water partition coefficient (Wildman–Crippen LogP) is 1.40. The van der Waals surface area contributed by atoms with Crippen molar-refractivity contribution in [2.75, 3.05) is 20.7 Å². The van der Waals surface area contributed by atoms with Crippen molar-refractivity contribution in [1.29, 1.82) is 5.26 Å². The van der Waals surface area contributed by atoms with E-state index in [9.17, 15) is 9.90 Å². The maximum atomic E-state index is 12.6. The summed E-state index contributed by atoms with van der Waals surface area (Å²) < 4.78 is 7.04. The molecule has 6 heteroatoms. The van der Waals surface area contributed by atoms with Crippen LogP contribution in [0, 0.1) is 11.3 Å². The van der Waals surface area contributed by atoms with Gasteiger partial charge in [0, 0.05) is 24.7 Å². The Balaban J connectivity index is 2.30. The number of epoxide rings is 1. The number of nitriles is 1. The van der Waals surface area contributed by atoms with Crippen LogP contribution in [-0.2, 0) is 18.3 Å². The summed E-state index contributed by atoms with van der Waals surface area (Å²) in [6.45, 7) is 1.03. The Morgan fingerprint density at radius 1 is 1.55 bits per heavy atom. The number of phenolic OH excluding ortho intramolecular Hbond substituents is 1. The molecule has 0 aliphatic carbocycles. The second-order valence-electron chi connectivity index (χ2n) is 5.80. The molecule has 1 aliphatic rings. The number of carbonyl (C=O) groups excluding carboxylic acids is 1. The van der Waals surface area contributed by atoms with Crippen LogP contribution in [-0.4, -0.2) is 47.2 Å². The second kappa shape index (κ2) is 5.13. The van der Waals surface area contributed by atoms with Crippen LogP contribution in [0.4, 0.5) is 0 Å².